The van der Waals surface area contributed by atoms with Gasteiger partial charge in [0, 0.05) is 9.86 Å². The molecule has 0 saturated heterocycles. The third-order valence-electron chi connectivity index (χ3n) is 6.69. The molecule has 1 amide bonds. The van der Waals surface area contributed by atoms with Gasteiger partial charge >= 0.3 is 0 Å². The summed E-state index contributed by atoms with van der Waals surface area (Å²) in [6.45, 7) is 0.460. The Bertz CT molecular complexity index is 1830. The Morgan fingerprint density at radius 2 is 1.41 bits per heavy atom. The molecule has 0 aliphatic carbocycles. The summed E-state index contributed by atoms with van der Waals surface area (Å²) in [7, 11) is 0. The first-order valence-corrected chi connectivity index (χ1v) is 12.8. The molecule has 6 heteroatoms. The quantitative estimate of drug-likeness (QED) is 0.220. The molecule has 1 N–H and O–H groups in total. The van der Waals surface area contributed by atoms with E-state index in [4.69, 9.17) is 0 Å². The highest BCUT2D eigenvalue weighted by Crippen LogP contribution is 2.39. The van der Waals surface area contributed by atoms with E-state index in [1.54, 1.807) is 0 Å². The summed E-state index contributed by atoms with van der Waals surface area (Å²) >= 11 is 3.57. The van der Waals surface area contributed by atoms with Gasteiger partial charge in [0.15, 0.2) is 5.69 Å². The molecule has 0 radical (unpaired) electrons. The van der Waals surface area contributed by atoms with Crippen molar-refractivity contribution in [2.45, 2.75) is 13.0 Å². The number of aromatic hydroxyl groups is 1. The highest BCUT2D eigenvalue weighted by Gasteiger charge is 2.18. The van der Waals surface area contributed by atoms with E-state index >= 15 is 0 Å². The normalized spacial score (nSPS) is 11.7. The molecule has 180 valence electrons. The van der Waals surface area contributed by atoms with Gasteiger partial charge in [-0.2, -0.15) is 0 Å². The minimum Gasteiger partial charge on any atom is -0.493 e. The largest absolute Gasteiger partial charge is 0.493 e. The minimum atomic E-state index is -0.377. The number of carbonyl (C=O) groups is 1. The predicted octanol–water partition coefficient (Wildman–Crippen LogP) is 8.32. The molecule has 0 unspecified atom stereocenters. The van der Waals surface area contributed by atoms with Gasteiger partial charge in [0.1, 0.15) is 0 Å². The number of amides is 1. The lowest BCUT2D eigenvalue weighted by Gasteiger charge is -2.10. The molecule has 0 saturated carbocycles. The zero-order valence-electron chi connectivity index (χ0n) is 19.8. The van der Waals surface area contributed by atoms with E-state index in [0.717, 1.165) is 48.0 Å². The van der Waals surface area contributed by atoms with Crippen LogP contribution < -0.4 is 0 Å². The van der Waals surface area contributed by atoms with Crippen molar-refractivity contribution < 1.29 is 9.90 Å². The monoisotopic (exact) mass is 547 g/mol. The van der Waals surface area contributed by atoms with Crippen LogP contribution in [0.3, 0.4) is 0 Å². The second-order valence-corrected chi connectivity index (χ2v) is 9.79. The van der Waals surface area contributed by atoms with E-state index in [1.165, 1.54) is 0 Å². The second-order valence-electron chi connectivity index (χ2n) is 8.94. The van der Waals surface area contributed by atoms with Crippen LogP contribution in [0.5, 0.6) is 5.88 Å². The van der Waals surface area contributed by atoms with E-state index in [0.29, 0.717) is 12.2 Å². The van der Waals surface area contributed by atoms with Crippen LogP contribution in [0.2, 0.25) is 0 Å². The maximum absolute atomic E-state index is 12.8. The van der Waals surface area contributed by atoms with Crippen LogP contribution in [0, 0.1) is 0 Å². The van der Waals surface area contributed by atoms with Crippen molar-refractivity contribution in [3.63, 3.8) is 0 Å². The third kappa shape index (κ3) is 4.30. The zero-order valence-corrected chi connectivity index (χ0v) is 21.4. The smallest absolute Gasteiger partial charge is 0.269 e. The number of benzene rings is 5. The predicted molar refractivity (Wildman–Crippen MR) is 152 cm³/mol. The molecule has 0 fully saturated rings. The lowest BCUT2D eigenvalue weighted by Crippen LogP contribution is -2.00. The van der Waals surface area contributed by atoms with Gasteiger partial charge < -0.3 is 9.67 Å². The molecule has 5 aromatic carbocycles. The van der Waals surface area contributed by atoms with Gasteiger partial charge in [0.25, 0.3) is 5.91 Å². The second kappa shape index (κ2) is 9.64. The lowest BCUT2D eigenvalue weighted by atomic mass is 10.0. The number of hydrogen-bond acceptors (Lipinski definition) is 3. The van der Waals surface area contributed by atoms with Crippen molar-refractivity contribution in [3.05, 3.63) is 119 Å². The van der Waals surface area contributed by atoms with Crippen LogP contribution in [-0.2, 0) is 17.8 Å². The molecule has 0 atom stereocenters. The molecule has 37 heavy (non-hydrogen) atoms. The molecular formula is C31H22BrN3O2. The van der Waals surface area contributed by atoms with Crippen LogP contribution in [0.25, 0.3) is 32.4 Å². The average Bonchev–Trinajstić information content (AvgIpc) is 3.20. The molecule has 5 nitrogen and oxygen atoms in total. The van der Waals surface area contributed by atoms with Gasteiger partial charge in [0.05, 0.1) is 18.5 Å². The highest BCUT2D eigenvalue weighted by molar-refractivity contribution is 9.10. The Balaban J connectivity index is 1.34. The van der Waals surface area contributed by atoms with Crippen LogP contribution >= 0.6 is 15.9 Å². The minimum absolute atomic E-state index is 0.0141. The molecule has 0 aliphatic rings. The van der Waals surface area contributed by atoms with Gasteiger partial charge in [-0.1, -0.05) is 107 Å². The standard InChI is InChI=1S/C31H22BrN3O2/c32-27-17-16-21(24-12-3-4-13-25(24)27)18-29(36)33-34-30-26-14-5-6-15-28(26)35(31(30)37)19-22-10-7-9-20-8-1-2-11-23(20)22/h1-17,37H,18-19H2. The Hall–Kier alpha value is -4.29. The third-order valence-corrected chi connectivity index (χ3v) is 7.38. The summed E-state index contributed by atoms with van der Waals surface area (Å²) in [4.78, 5) is 12.8. The van der Waals surface area contributed by atoms with Crippen molar-refractivity contribution in [2.24, 2.45) is 10.2 Å². The first-order valence-electron chi connectivity index (χ1n) is 12.0. The Labute approximate surface area is 221 Å². The van der Waals surface area contributed by atoms with Gasteiger partial charge in [-0.05, 0) is 44.8 Å². The van der Waals surface area contributed by atoms with E-state index in [-0.39, 0.29) is 18.2 Å². The number of nitrogens with zero attached hydrogens (tertiary/aromatic N) is 3. The topological polar surface area (TPSA) is 66.9 Å². The summed E-state index contributed by atoms with van der Waals surface area (Å²) in [5.41, 5.74) is 3.08. The van der Waals surface area contributed by atoms with Crippen molar-refractivity contribution in [2.75, 3.05) is 0 Å². The fourth-order valence-electron chi connectivity index (χ4n) is 4.91. The molecule has 0 aliphatic heterocycles. The van der Waals surface area contributed by atoms with Crippen LogP contribution in [0.4, 0.5) is 5.69 Å². The van der Waals surface area contributed by atoms with Crippen LogP contribution in [-0.4, -0.2) is 15.6 Å². The number of rotatable bonds is 5. The fourth-order valence-corrected chi connectivity index (χ4v) is 5.39. The van der Waals surface area contributed by atoms with Gasteiger partial charge in [-0.25, -0.2) is 0 Å². The number of hydrogen-bond donors (Lipinski definition) is 1. The summed E-state index contributed by atoms with van der Waals surface area (Å²) in [6, 6.07) is 33.8. The first kappa shape index (κ1) is 23.1. The SMILES string of the molecule is O=C(Cc1ccc(Br)c2ccccc12)N=Nc1c(O)n(Cc2cccc3ccccc23)c2ccccc12. The van der Waals surface area contributed by atoms with E-state index in [1.807, 2.05) is 83.4 Å². The number of aromatic nitrogens is 1. The fraction of sp³-hybridized carbons (Fsp3) is 0.0645. The van der Waals surface area contributed by atoms with Gasteiger partial charge in [-0.15, -0.1) is 10.2 Å². The van der Waals surface area contributed by atoms with Crippen molar-refractivity contribution in [1.29, 1.82) is 0 Å². The lowest BCUT2D eigenvalue weighted by molar-refractivity contribution is -0.117. The first-order chi connectivity index (χ1) is 18.1. The maximum atomic E-state index is 12.8. The molecule has 6 rings (SSSR count). The van der Waals surface area contributed by atoms with E-state index in [9.17, 15) is 9.90 Å². The van der Waals surface area contributed by atoms with E-state index in [2.05, 4.69) is 50.4 Å². The van der Waals surface area contributed by atoms with Crippen LogP contribution in [0.15, 0.2) is 118 Å². The number of azo groups is 1. The maximum Gasteiger partial charge on any atom is 0.269 e. The number of fused-ring (bicyclic) bond motifs is 3. The van der Waals surface area contributed by atoms with E-state index < -0.39 is 0 Å². The molecule has 1 aromatic heterocycles. The zero-order chi connectivity index (χ0) is 25.4. The summed E-state index contributed by atoms with van der Waals surface area (Å²) in [5, 5.41) is 24.5. The number of carbonyl (C=O) groups excluding carboxylic acids is 1. The highest BCUT2D eigenvalue weighted by atomic mass is 79.9. The molecule has 0 spiro atoms. The average molecular weight is 548 g/mol. The van der Waals surface area contributed by atoms with Crippen molar-refractivity contribution >= 4 is 60.0 Å². The van der Waals surface area contributed by atoms with Gasteiger partial charge in [-0.3, -0.25) is 4.79 Å². The summed E-state index contributed by atoms with van der Waals surface area (Å²) < 4.78 is 2.79. The Morgan fingerprint density at radius 1 is 0.730 bits per heavy atom. The number of halogens is 1. The molecule has 1 heterocycles. The summed E-state index contributed by atoms with van der Waals surface area (Å²) in [5.74, 6) is -0.391. The molecular weight excluding hydrogens is 526 g/mol. The molecule has 6 aromatic rings. The van der Waals surface area contributed by atoms with Crippen LogP contribution in [0.1, 0.15) is 11.1 Å². The summed E-state index contributed by atoms with van der Waals surface area (Å²) in [6.07, 6.45) is 0.118. The number of para-hydroxylation sites is 1. The Kier molecular flexibility index (Phi) is 6.02. The van der Waals surface area contributed by atoms with Crippen molar-refractivity contribution in [3.8, 4) is 5.88 Å². The molecule has 0 bridgehead atoms. The van der Waals surface area contributed by atoms with Crippen molar-refractivity contribution in [1.82, 2.24) is 4.57 Å². The van der Waals surface area contributed by atoms with Gasteiger partial charge in [0.2, 0.25) is 5.88 Å². The Morgan fingerprint density at radius 3 is 2.24 bits per heavy atom.